The highest BCUT2D eigenvalue weighted by Gasteiger charge is 2.69. The van der Waals surface area contributed by atoms with Crippen molar-refractivity contribution in [3.63, 3.8) is 0 Å². The topological polar surface area (TPSA) is 61.8 Å². The van der Waals surface area contributed by atoms with E-state index in [1.54, 1.807) is 0 Å². The zero-order chi connectivity index (χ0) is 18.3. The molecule has 0 aromatic heterocycles. The Hall–Kier alpha value is -0.450. The maximum atomic E-state index is 13.7. The van der Waals surface area contributed by atoms with Gasteiger partial charge in [0.15, 0.2) is 5.79 Å². The molecule has 2 unspecified atom stereocenters. The van der Waals surface area contributed by atoms with Crippen molar-refractivity contribution in [2.24, 2.45) is 17.8 Å². The lowest BCUT2D eigenvalue weighted by molar-refractivity contribution is -0.351. The van der Waals surface area contributed by atoms with Crippen LogP contribution in [0.25, 0.3) is 0 Å². The third-order valence-corrected chi connectivity index (χ3v) is 6.75. The van der Waals surface area contributed by atoms with Crippen LogP contribution in [0.15, 0.2) is 0 Å². The zero-order valence-corrected chi connectivity index (χ0v) is 14.5. The number of halogens is 4. The first kappa shape index (κ1) is 17.9. The standard InChI is InChI=1S/C15H20F4O5S/c1-25(20,21)24-12-4-9-2-10(5-12)15(11(3-9)6-12)22-7-13(16,17)14(18,19)8-23-15/h9-11H,2-8H2,1H3. The third-order valence-electron chi connectivity index (χ3n) is 6.09. The normalized spacial score (nSPS) is 44.0. The van der Waals surface area contributed by atoms with E-state index in [0.29, 0.717) is 19.3 Å². The largest absolute Gasteiger partial charge is 0.343 e. The fourth-order valence-electron chi connectivity index (χ4n) is 5.41. The third kappa shape index (κ3) is 2.71. The quantitative estimate of drug-likeness (QED) is 0.538. The summed E-state index contributed by atoms with van der Waals surface area (Å²) < 4.78 is 94.0. The van der Waals surface area contributed by atoms with Gasteiger partial charge in [-0.2, -0.15) is 26.0 Å². The molecule has 4 bridgehead atoms. The van der Waals surface area contributed by atoms with Crippen LogP contribution in [0, 0.1) is 17.8 Å². The van der Waals surface area contributed by atoms with Gasteiger partial charge in [0.1, 0.15) is 13.2 Å². The Morgan fingerprint density at radius 1 is 0.920 bits per heavy atom. The maximum Gasteiger partial charge on any atom is 0.335 e. The van der Waals surface area contributed by atoms with E-state index in [1.165, 1.54) is 0 Å². The summed E-state index contributed by atoms with van der Waals surface area (Å²) in [5.41, 5.74) is -0.903. The van der Waals surface area contributed by atoms with Crippen molar-refractivity contribution >= 4 is 10.1 Å². The van der Waals surface area contributed by atoms with Crippen LogP contribution in [0.1, 0.15) is 32.1 Å². The van der Waals surface area contributed by atoms with Gasteiger partial charge in [-0.05, 0) is 38.0 Å². The Labute approximate surface area is 143 Å². The summed E-state index contributed by atoms with van der Waals surface area (Å²) in [6, 6.07) is 0. The molecule has 0 radical (unpaired) electrons. The average Bonchev–Trinajstić information content (AvgIpc) is 2.51. The molecule has 5 rings (SSSR count). The molecule has 0 N–H and O–H groups in total. The summed E-state index contributed by atoms with van der Waals surface area (Å²) >= 11 is 0. The molecule has 5 fully saturated rings. The minimum atomic E-state index is -4.30. The number of rotatable bonds is 2. The van der Waals surface area contributed by atoms with Gasteiger partial charge >= 0.3 is 11.8 Å². The van der Waals surface area contributed by atoms with Gasteiger partial charge in [-0.25, -0.2) is 0 Å². The lowest BCUT2D eigenvalue weighted by Gasteiger charge is -2.62. The molecule has 1 aliphatic heterocycles. The van der Waals surface area contributed by atoms with Crippen LogP contribution in [0.2, 0.25) is 0 Å². The molecule has 10 heteroatoms. The highest BCUT2D eigenvalue weighted by Crippen LogP contribution is 2.63. The van der Waals surface area contributed by atoms with Gasteiger partial charge in [-0.3, -0.25) is 4.18 Å². The molecule has 25 heavy (non-hydrogen) atoms. The first-order valence-electron chi connectivity index (χ1n) is 8.31. The van der Waals surface area contributed by atoms with Gasteiger partial charge in [0, 0.05) is 11.8 Å². The molecule has 4 aliphatic carbocycles. The summed E-state index contributed by atoms with van der Waals surface area (Å²) in [6.45, 7) is -2.81. The van der Waals surface area contributed by atoms with E-state index in [4.69, 9.17) is 13.7 Å². The van der Waals surface area contributed by atoms with Crippen molar-refractivity contribution in [2.45, 2.75) is 55.3 Å². The van der Waals surface area contributed by atoms with Crippen LogP contribution in [-0.4, -0.2) is 51.1 Å². The van der Waals surface area contributed by atoms with Gasteiger partial charge in [-0.15, -0.1) is 0 Å². The van der Waals surface area contributed by atoms with Gasteiger partial charge in [0.05, 0.1) is 11.9 Å². The molecular formula is C15H20F4O5S. The van der Waals surface area contributed by atoms with E-state index in [9.17, 15) is 26.0 Å². The Morgan fingerprint density at radius 2 is 1.40 bits per heavy atom. The lowest BCUT2D eigenvalue weighted by atomic mass is 9.51. The minimum Gasteiger partial charge on any atom is -0.343 e. The molecular weight excluding hydrogens is 368 g/mol. The van der Waals surface area contributed by atoms with Crippen LogP contribution in [0.5, 0.6) is 0 Å². The van der Waals surface area contributed by atoms with Gasteiger partial charge in [-0.1, -0.05) is 0 Å². The average molecular weight is 388 g/mol. The Morgan fingerprint density at radius 3 is 1.84 bits per heavy atom. The summed E-state index contributed by atoms with van der Waals surface area (Å²) in [5, 5.41) is 0. The van der Waals surface area contributed by atoms with Crippen molar-refractivity contribution in [3.8, 4) is 0 Å². The van der Waals surface area contributed by atoms with Crippen LogP contribution >= 0.6 is 0 Å². The van der Waals surface area contributed by atoms with E-state index in [2.05, 4.69) is 0 Å². The summed E-state index contributed by atoms with van der Waals surface area (Å²) in [4.78, 5) is 0. The van der Waals surface area contributed by atoms with E-state index in [1.807, 2.05) is 0 Å². The molecule has 2 atom stereocenters. The van der Waals surface area contributed by atoms with Crippen LogP contribution < -0.4 is 0 Å². The molecule has 144 valence electrons. The number of hydrogen-bond acceptors (Lipinski definition) is 5. The van der Waals surface area contributed by atoms with Gasteiger partial charge in [0.25, 0.3) is 10.1 Å². The van der Waals surface area contributed by atoms with Crippen LogP contribution in [-0.2, 0) is 23.8 Å². The van der Waals surface area contributed by atoms with Crippen LogP contribution in [0.3, 0.4) is 0 Å². The summed E-state index contributed by atoms with van der Waals surface area (Å²) in [5.74, 6) is -10.8. The second-order valence-electron chi connectivity index (χ2n) is 8.02. The number of ether oxygens (including phenoxy) is 2. The Kier molecular flexibility index (Phi) is 3.65. The highest BCUT2D eigenvalue weighted by atomic mass is 32.2. The zero-order valence-electron chi connectivity index (χ0n) is 13.6. The first-order chi connectivity index (χ1) is 11.4. The molecule has 1 heterocycles. The molecule has 5 aliphatic rings. The fourth-order valence-corrected chi connectivity index (χ4v) is 6.26. The van der Waals surface area contributed by atoms with Gasteiger partial charge < -0.3 is 9.47 Å². The number of alkyl halides is 4. The lowest BCUT2D eigenvalue weighted by Crippen LogP contribution is -2.66. The molecule has 0 aromatic carbocycles. The summed E-state index contributed by atoms with van der Waals surface area (Å²) in [6.07, 6.45) is 3.16. The Bertz CT molecular complexity index is 643. The van der Waals surface area contributed by atoms with Crippen LogP contribution in [0.4, 0.5) is 17.6 Å². The molecule has 1 saturated heterocycles. The second-order valence-corrected chi connectivity index (χ2v) is 9.60. The van der Waals surface area contributed by atoms with E-state index in [0.717, 1.165) is 6.26 Å². The molecule has 0 aromatic rings. The molecule has 1 spiro atoms. The van der Waals surface area contributed by atoms with E-state index < -0.39 is 58.4 Å². The monoisotopic (exact) mass is 388 g/mol. The van der Waals surface area contributed by atoms with Crippen molar-refractivity contribution in [1.82, 2.24) is 0 Å². The van der Waals surface area contributed by atoms with Crippen molar-refractivity contribution in [2.75, 3.05) is 19.5 Å². The fraction of sp³-hybridized carbons (Fsp3) is 1.00. The smallest absolute Gasteiger partial charge is 0.335 e. The number of hydrogen-bond donors (Lipinski definition) is 0. The first-order valence-corrected chi connectivity index (χ1v) is 10.1. The maximum absolute atomic E-state index is 13.7. The predicted octanol–water partition coefficient (Wildman–Crippen LogP) is 2.56. The SMILES string of the molecule is CS(=O)(=O)OC12CC3CC(C1)C1(OCC(F)(F)C(F)(F)CO1)C(C3)C2. The molecule has 0 amide bonds. The van der Waals surface area contributed by atoms with E-state index in [-0.39, 0.29) is 18.8 Å². The highest BCUT2D eigenvalue weighted by molar-refractivity contribution is 7.86. The van der Waals surface area contributed by atoms with Crippen molar-refractivity contribution in [3.05, 3.63) is 0 Å². The van der Waals surface area contributed by atoms with Gasteiger partial charge in [0.2, 0.25) is 0 Å². The predicted molar refractivity (Wildman–Crippen MR) is 76.7 cm³/mol. The Balaban J connectivity index is 1.64. The van der Waals surface area contributed by atoms with Crippen molar-refractivity contribution in [1.29, 1.82) is 0 Å². The summed E-state index contributed by atoms with van der Waals surface area (Å²) in [7, 11) is -3.69. The van der Waals surface area contributed by atoms with Crippen molar-refractivity contribution < 1.29 is 39.6 Å². The minimum absolute atomic E-state index is 0.154. The molecule has 4 saturated carbocycles. The van der Waals surface area contributed by atoms with E-state index >= 15 is 0 Å². The second kappa shape index (κ2) is 5.08. The molecule has 5 nitrogen and oxygen atoms in total.